The largest absolute Gasteiger partial charge is 0.458 e. The van der Waals surface area contributed by atoms with Gasteiger partial charge in [-0.25, -0.2) is 0 Å². The summed E-state index contributed by atoms with van der Waals surface area (Å²) in [5.74, 6) is 6.20. The van der Waals surface area contributed by atoms with Gasteiger partial charge in [0.15, 0.2) is 5.60 Å². The molecule has 1 saturated carbocycles. The van der Waals surface area contributed by atoms with Gasteiger partial charge in [0.25, 0.3) is 0 Å². The van der Waals surface area contributed by atoms with Crippen molar-refractivity contribution in [3.8, 4) is 24.7 Å². The van der Waals surface area contributed by atoms with Gasteiger partial charge >= 0.3 is 12.1 Å². The molecule has 208 valence electrons. The summed E-state index contributed by atoms with van der Waals surface area (Å²) >= 11 is 0. The number of carbonyl (C=O) groups is 1. The molecule has 3 nitrogen and oxygen atoms in total. The molecule has 2 rings (SSSR count). The fourth-order valence-corrected chi connectivity index (χ4v) is 4.51. The van der Waals surface area contributed by atoms with Gasteiger partial charge in [-0.05, 0) is 80.9 Å². The van der Waals surface area contributed by atoms with E-state index >= 15 is 0 Å². The van der Waals surface area contributed by atoms with E-state index in [1.54, 1.807) is 0 Å². The second-order valence-corrected chi connectivity index (χ2v) is 10.5. The van der Waals surface area contributed by atoms with Crippen LogP contribution in [0.2, 0.25) is 0 Å². The zero-order chi connectivity index (χ0) is 29.0. The van der Waals surface area contributed by atoms with E-state index in [-0.39, 0.29) is 17.5 Å². The summed E-state index contributed by atoms with van der Waals surface area (Å²) in [6.45, 7) is 10.6. The standard InChI is InChI=1S/C30H39F3O3.C2H2/c1-22-25(14-10-17-27(22)36-23(2)34)19-18-24-12-6-7-15-26(28(3,4)20-11-13-24)16-8-9-21-29(5,35)30(31,32)33;1-2/h9,15,18-19,21,27,35H,1,7-8,10-11,13-14,16-17,20H2,2-5H3;1-2H/b21-9+,24-18-,25-19-,26-15-;/t27-,29?;/m0./s1. The highest BCUT2D eigenvalue weighted by Gasteiger charge is 2.47. The van der Waals surface area contributed by atoms with Crippen molar-refractivity contribution in [1.82, 2.24) is 0 Å². The highest BCUT2D eigenvalue weighted by atomic mass is 19.4. The number of ether oxygens (including phenoxy) is 1. The number of alkyl halides is 3. The average molecular weight is 531 g/mol. The second kappa shape index (κ2) is 14.8. The lowest BCUT2D eigenvalue weighted by atomic mass is 9.76. The fraction of sp³-hybridized carbons (Fsp3) is 0.531. The second-order valence-electron chi connectivity index (χ2n) is 10.5. The Kier molecular flexibility index (Phi) is 12.9. The lowest BCUT2D eigenvalue weighted by Gasteiger charge is -2.29. The summed E-state index contributed by atoms with van der Waals surface area (Å²) in [6, 6.07) is 0. The predicted octanol–water partition coefficient (Wildman–Crippen LogP) is 7.94. The average Bonchev–Trinajstić information content (AvgIpc) is 2.82. The first-order valence-electron chi connectivity index (χ1n) is 13.0. The lowest BCUT2D eigenvalue weighted by Crippen LogP contribution is -2.39. The van der Waals surface area contributed by atoms with Crippen LogP contribution in [-0.2, 0) is 9.53 Å². The molecule has 0 saturated heterocycles. The number of halogens is 3. The van der Waals surface area contributed by atoms with E-state index in [0.29, 0.717) is 19.3 Å². The third kappa shape index (κ3) is 10.4. The van der Waals surface area contributed by atoms with Crippen molar-refractivity contribution in [2.45, 2.75) is 103 Å². The van der Waals surface area contributed by atoms with E-state index < -0.39 is 11.8 Å². The summed E-state index contributed by atoms with van der Waals surface area (Å²) in [5.41, 5.74) is 1.27. The van der Waals surface area contributed by atoms with E-state index in [9.17, 15) is 23.1 Å². The molecule has 2 atom stereocenters. The molecule has 1 fully saturated rings. The van der Waals surface area contributed by atoms with Gasteiger partial charge in [0.05, 0.1) is 0 Å². The molecule has 38 heavy (non-hydrogen) atoms. The lowest BCUT2D eigenvalue weighted by molar-refractivity contribution is -0.232. The molecular weight excluding hydrogens is 489 g/mol. The summed E-state index contributed by atoms with van der Waals surface area (Å²) in [7, 11) is 0. The Morgan fingerprint density at radius 2 is 1.95 bits per heavy atom. The third-order valence-corrected chi connectivity index (χ3v) is 6.92. The topological polar surface area (TPSA) is 46.5 Å². The Bertz CT molecular complexity index is 1040. The molecule has 0 aromatic carbocycles. The highest BCUT2D eigenvalue weighted by molar-refractivity contribution is 5.66. The highest BCUT2D eigenvalue weighted by Crippen LogP contribution is 2.37. The Morgan fingerprint density at radius 3 is 2.58 bits per heavy atom. The molecule has 0 aromatic heterocycles. The molecule has 6 heteroatoms. The number of allylic oxidation sites excluding steroid dienone is 6. The molecule has 0 radical (unpaired) electrons. The third-order valence-electron chi connectivity index (χ3n) is 6.92. The minimum absolute atomic E-state index is 0.0993. The van der Waals surface area contributed by atoms with E-state index in [2.05, 4.69) is 63.3 Å². The van der Waals surface area contributed by atoms with Crippen molar-refractivity contribution in [2.75, 3.05) is 0 Å². The van der Waals surface area contributed by atoms with Crippen LogP contribution < -0.4 is 0 Å². The molecule has 2 aliphatic rings. The van der Waals surface area contributed by atoms with Gasteiger partial charge in [-0.3, -0.25) is 4.79 Å². The number of terminal acetylenes is 1. The summed E-state index contributed by atoms with van der Waals surface area (Å²) < 4.78 is 43.9. The summed E-state index contributed by atoms with van der Waals surface area (Å²) in [5, 5.41) is 9.58. The Hall–Kier alpha value is -2.96. The first-order chi connectivity index (χ1) is 17.7. The van der Waals surface area contributed by atoms with Crippen molar-refractivity contribution < 1.29 is 27.8 Å². The first-order valence-corrected chi connectivity index (χ1v) is 13.0. The predicted molar refractivity (Wildman–Crippen MR) is 148 cm³/mol. The Morgan fingerprint density at radius 1 is 1.26 bits per heavy atom. The van der Waals surface area contributed by atoms with Crippen LogP contribution in [0.25, 0.3) is 0 Å². The van der Waals surface area contributed by atoms with Gasteiger partial charge in [-0.2, -0.15) is 13.2 Å². The number of esters is 1. The molecule has 1 unspecified atom stereocenters. The van der Waals surface area contributed by atoms with Gasteiger partial charge in [0.1, 0.15) is 6.10 Å². The first kappa shape index (κ1) is 33.1. The van der Waals surface area contributed by atoms with Gasteiger partial charge in [0, 0.05) is 18.9 Å². The monoisotopic (exact) mass is 530 g/mol. The number of aliphatic hydroxyl groups is 1. The number of hydrogen-bond acceptors (Lipinski definition) is 3. The van der Waals surface area contributed by atoms with Crippen molar-refractivity contribution in [2.24, 2.45) is 5.41 Å². The molecule has 0 bridgehead atoms. The summed E-state index contributed by atoms with van der Waals surface area (Å²) in [4.78, 5) is 11.4. The van der Waals surface area contributed by atoms with Crippen LogP contribution in [0.4, 0.5) is 13.2 Å². The fourth-order valence-electron chi connectivity index (χ4n) is 4.51. The van der Waals surface area contributed by atoms with Gasteiger partial charge < -0.3 is 9.84 Å². The van der Waals surface area contributed by atoms with Crippen molar-refractivity contribution in [3.63, 3.8) is 0 Å². The summed E-state index contributed by atoms with van der Waals surface area (Å²) in [6.07, 6.45) is 18.5. The minimum Gasteiger partial charge on any atom is -0.458 e. The van der Waals surface area contributed by atoms with Gasteiger partial charge in [-0.15, -0.1) is 12.8 Å². The van der Waals surface area contributed by atoms with Crippen LogP contribution in [0.1, 0.15) is 85.5 Å². The maximum absolute atomic E-state index is 12.8. The Balaban J connectivity index is 0.00000352. The van der Waals surface area contributed by atoms with Crippen molar-refractivity contribution >= 4 is 5.97 Å². The molecule has 0 aliphatic heterocycles. The SMILES string of the molecule is C#C.C=C1/C(=C\C=C2\C#CC/C=C(/CC/C=C/C(C)(O)C(F)(F)F)C(C)(C)CCC2)CCC[C@@H]1OC(C)=O. The number of carbonyl (C=O) groups excluding carboxylic acids is 1. The molecule has 0 amide bonds. The van der Waals surface area contributed by atoms with E-state index in [4.69, 9.17) is 4.74 Å². The van der Waals surface area contributed by atoms with Crippen molar-refractivity contribution in [3.05, 3.63) is 59.3 Å². The number of rotatable bonds is 6. The van der Waals surface area contributed by atoms with Crippen molar-refractivity contribution in [1.29, 1.82) is 0 Å². The van der Waals surface area contributed by atoms with Gasteiger partial charge in [-0.1, -0.05) is 62.1 Å². The van der Waals surface area contributed by atoms with Crippen LogP contribution in [0, 0.1) is 30.1 Å². The molecule has 0 spiro atoms. The molecular formula is C32H41F3O3. The van der Waals surface area contributed by atoms with E-state index in [1.807, 2.05) is 0 Å². The van der Waals surface area contributed by atoms with Crippen LogP contribution in [0.3, 0.4) is 0 Å². The molecule has 0 aromatic rings. The van der Waals surface area contributed by atoms with Crippen LogP contribution in [0.5, 0.6) is 0 Å². The maximum atomic E-state index is 12.8. The molecule has 2 aliphatic carbocycles. The van der Waals surface area contributed by atoms with Crippen LogP contribution in [0.15, 0.2) is 59.3 Å². The minimum atomic E-state index is -4.69. The smallest absolute Gasteiger partial charge is 0.420 e. The van der Waals surface area contributed by atoms with Crippen LogP contribution in [-0.4, -0.2) is 29.0 Å². The van der Waals surface area contributed by atoms with Gasteiger partial charge in [0.2, 0.25) is 0 Å². The molecule has 1 N–H and O–H groups in total. The normalized spacial score (nSPS) is 25.3. The zero-order valence-electron chi connectivity index (χ0n) is 23.1. The van der Waals surface area contributed by atoms with E-state index in [1.165, 1.54) is 18.6 Å². The Labute approximate surface area is 226 Å². The number of hydrogen-bond donors (Lipinski definition) is 1. The molecule has 0 heterocycles. The van der Waals surface area contributed by atoms with Crippen LogP contribution >= 0.6 is 0 Å². The van der Waals surface area contributed by atoms with E-state index in [0.717, 1.165) is 68.2 Å². The quantitative estimate of drug-likeness (QED) is 0.215. The maximum Gasteiger partial charge on any atom is 0.420 e. The zero-order valence-corrected chi connectivity index (χ0v) is 23.1.